The summed E-state index contributed by atoms with van der Waals surface area (Å²) in [6.45, 7) is 0. The van der Waals surface area contributed by atoms with Gasteiger partial charge in [-0.15, -0.1) is 0 Å². The fraction of sp³-hybridized carbons (Fsp3) is 0. The largest absolute Gasteiger partial charge is 0.297 e. The molecule has 0 unspecified atom stereocenters. The number of hydrogen-bond donors (Lipinski definition) is 0. The minimum atomic E-state index is 1.20. The fourth-order valence-corrected chi connectivity index (χ4v) is 1.28. The summed E-state index contributed by atoms with van der Waals surface area (Å²) in [5, 5.41) is 0. The van der Waals surface area contributed by atoms with E-state index in [9.17, 15) is 0 Å². The molecule has 0 fully saturated rings. The molecule has 3 heteroatoms. The molecule has 2 nitrogen and oxygen atoms in total. The third-order valence-corrected chi connectivity index (χ3v) is 1.79. The van der Waals surface area contributed by atoms with E-state index in [1.807, 2.05) is 22.7 Å². The third-order valence-electron chi connectivity index (χ3n) is 1.06. The molecule has 8 heavy (non-hydrogen) atoms. The van der Waals surface area contributed by atoms with Gasteiger partial charge in [-0.25, -0.2) is 0 Å². The average molecular weight is 124 g/mol. The van der Waals surface area contributed by atoms with Crippen molar-refractivity contribution in [2.24, 2.45) is 0 Å². The normalized spacial score (nSPS) is 10.5. The van der Waals surface area contributed by atoms with Crippen molar-refractivity contribution in [1.29, 1.82) is 0 Å². The molecule has 2 aromatic rings. The van der Waals surface area contributed by atoms with Crippen LogP contribution in [0.2, 0.25) is 0 Å². The molecule has 0 atom stereocenters. The van der Waals surface area contributed by atoms with E-state index in [1.54, 1.807) is 6.33 Å². The van der Waals surface area contributed by atoms with Crippen molar-refractivity contribution in [2.45, 2.75) is 0 Å². The summed E-state index contributed by atoms with van der Waals surface area (Å²) in [5.74, 6) is 0. The van der Waals surface area contributed by atoms with Crippen molar-refractivity contribution in [3.8, 4) is 0 Å². The van der Waals surface area contributed by atoms with E-state index in [2.05, 4.69) is 4.37 Å². The van der Waals surface area contributed by atoms with E-state index in [0.29, 0.717) is 0 Å². The summed E-state index contributed by atoms with van der Waals surface area (Å²) in [4.78, 5) is 1.20. The summed E-state index contributed by atoms with van der Waals surface area (Å²) >= 11 is 1.51. The number of rotatable bonds is 0. The first kappa shape index (κ1) is 4.09. The number of fused-ring (bicyclic) bond motifs is 1. The van der Waals surface area contributed by atoms with Gasteiger partial charge in [-0.2, -0.15) is 4.37 Å². The topological polar surface area (TPSA) is 17.3 Å². The molecule has 40 valence electrons. The first-order chi connectivity index (χ1) is 3.97. The molecule has 2 heterocycles. The first-order valence-corrected chi connectivity index (χ1v) is 3.11. The van der Waals surface area contributed by atoms with Gasteiger partial charge in [0, 0.05) is 6.20 Å². The Morgan fingerprint density at radius 1 is 1.62 bits per heavy atom. The van der Waals surface area contributed by atoms with Gasteiger partial charge in [0.1, 0.15) is 11.2 Å². The van der Waals surface area contributed by atoms with Crippen LogP contribution < -0.4 is 0 Å². The predicted octanol–water partition coefficient (Wildman–Crippen LogP) is 1.40. The van der Waals surface area contributed by atoms with Gasteiger partial charge in [-0.3, -0.25) is 4.40 Å². The SMILES string of the molecule is c1cc2sncn2c1. The van der Waals surface area contributed by atoms with Crippen molar-refractivity contribution in [3.63, 3.8) is 0 Å². The van der Waals surface area contributed by atoms with Crippen LogP contribution in [-0.4, -0.2) is 8.77 Å². The highest BCUT2D eigenvalue weighted by Gasteiger charge is 1.88. The van der Waals surface area contributed by atoms with Gasteiger partial charge < -0.3 is 0 Å². The van der Waals surface area contributed by atoms with Crippen LogP contribution in [0.4, 0.5) is 0 Å². The molecule has 0 saturated heterocycles. The molecule has 0 aliphatic heterocycles. The van der Waals surface area contributed by atoms with E-state index >= 15 is 0 Å². The van der Waals surface area contributed by atoms with Gasteiger partial charge in [0.25, 0.3) is 0 Å². The van der Waals surface area contributed by atoms with Crippen molar-refractivity contribution in [2.75, 3.05) is 0 Å². The van der Waals surface area contributed by atoms with Crippen LogP contribution >= 0.6 is 11.5 Å². The van der Waals surface area contributed by atoms with Crippen LogP contribution in [0.5, 0.6) is 0 Å². The van der Waals surface area contributed by atoms with E-state index in [-0.39, 0.29) is 0 Å². The van der Waals surface area contributed by atoms with Gasteiger partial charge in [-0.1, -0.05) is 0 Å². The van der Waals surface area contributed by atoms with Crippen molar-refractivity contribution >= 4 is 16.4 Å². The molecule has 0 N–H and O–H groups in total. The quantitative estimate of drug-likeness (QED) is 0.519. The maximum absolute atomic E-state index is 3.97. The Bertz CT molecular complexity index is 232. The van der Waals surface area contributed by atoms with E-state index in [1.165, 1.54) is 16.4 Å². The minimum Gasteiger partial charge on any atom is -0.297 e. The smallest absolute Gasteiger partial charge is 0.119 e. The van der Waals surface area contributed by atoms with Gasteiger partial charge in [0.05, 0.1) is 0 Å². The first-order valence-electron chi connectivity index (χ1n) is 2.34. The van der Waals surface area contributed by atoms with Crippen LogP contribution in [0.1, 0.15) is 0 Å². The zero-order chi connectivity index (χ0) is 5.40. The zero-order valence-corrected chi connectivity index (χ0v) is 4.93. The summed E-state index contributed by atoms with van der Waals surface area (Å²) in [5.41, 5.74) is 0. The summed E-state index contributed by atoms with van der Waals surface area (Å²) in [6.07, 6.45) is 3.79. The van der Waals surface area contributed by atoms with E-state index in [4.69, 9.17) is 0 Å². The molecule has 0 radical (unpaired) electrons. The lowest BCUT2D eigenvalue weighted by Gasteiger charge is -1.71. The van der Waals surface area contributed by atoms with Crippen LogP contribution in [-0.2, 0) is 0 Å². The Hall–Kier alpha value is -0.830. The second-order valence-corrected chi connectivity index (χ2v) is 2.38. The number of aromatic nitrogens is 2. The van der Waals surface area contributed by atoms with Crippen LogP contribution in [0, 0.1) is 0 Å². The highest BCUT2D eigenvalue weighted by atomic mass is 32.1. The maximum Gasteiger partial charge on any atom is 0.119 e. The van der Waals surface area contributed by atoms with Gasteiger partial charge in [0.15, 0.2) is 0 Å². The molecule has 0 spiro atoms. The Morgan fingerprint density at radius 3 is 3.50 bits per heavy atom. The van der Waals surface area contributed by atoms with Gasteiger partial charge in [0.2, 0.25) is 0 Å². The van der Waals surface area contributed by atoms with Crippen molar-refractivity contribution in [1.82, 2.24) is 8.77 Å². The molecule has 2 rings (SSSR count). The summed E-state index contributed by atoms with van der Waals surface area (Å²) in [6, 6.07) is 4.05. The molecule has 0 bridgehead atoms. The third kappa shape index (κ3) is 0.391. The number of nitrogens with zero attached hydrogens (tertiary/aromatic N) is 2. The zero-order valence-electron chi connectivity index (χ0n) is 4.11. The highest BCUT2D eigenvalue weighted by Crippen LogP contribution is 2.06. The molecule has 0 saturated carbocycles. The molecular weight excluding hydrogens is 120 g/mol. The Morgan fingerprint density at radius 2 is 2.62 bits per heavy atom. The van der Waals surface area contributed by atoms with Crippen LogP contribution in [0.25, 0.3) is 4.83 Å². The molecular formula is C5H4N2S. The predicted molar refractivity (Wildman–Crippen MR) is 33.1 cm³/mol. The second kappa shape index (κ2) is 1.32. The maximum atomic E-state index is 3.97. The minimum absolute atomic E-state index is 1.20. The van der Waals surface area contributed by atoms with Gasteiger partial charge >= 0.3 is 0 Å². The Balaban J connectivity index is 3.06. The average Bonchev–Trinajstić information content (AvgIpc) is 2.15. The van der Waals surface area contributed by atoms with Crippen LogP contribution in [0.3, 0.4) is 0 Å². The Kier molecular flexibility index (Phi) is 0.676. The second-order valence-electron chi connectivity index (χ2n) is 1.57. The molecule has 0 amide bonds. The van der Waals surface area contributed by atoms with Crippen molar-refractivity contribution < 1.29 is 0 Å². The van der Waals surface area contributed by atoms with E-state index in [0.717, 1.165) is 0 Å². The van der Waals surface area contributed by atoms with E-state index < -0.39 is 0 Å². The fourth-order valence-electron chi connectivity index (χ4n) is 0.679. The summed E-state index contributed by atoms with van der Waals surface area (Å²) in [7, 11) is 0. The monoisotopic (exact) mass is 124 g/mol. The standard InChI is InChI=1S/C5H4N2S/c1-2-5-7(3-1)4-6-8-5/h1-4H. The summed E-state index contributed by atoms with van der Waals surface area (Å²) < 4.78 is 5.96. The highest BCUT2D eigenvalue weighted by molar-refractivity contribution is 7.11. The van der Waals surface area contributed by atoms with Crippen molar-refractivity contribution in [3.05, 3.63) is 24.7 Å². The lowest BCUT2D eigenvalue weighted by molar-refractivity contribution is 1.18. The lowest BCUT2D eigenvalue weighted by atomic mass is 10.7. The van der Waals surface area contributed by atoms with Crippen LogP contribution in [0.15, 0.2) is 24.7 Å². The Labute approximate surface area is 50.6 Å². The molecule has 0 aliphatic rings. The molecule has 2 aromatic heterocycles. The molecule has 0 aromatic carbocycles. The van der Waals surface area contributed by atoms with Gasteiger partial charge in [-0.05, 0) is 23.7 Å². The molecule has 0 aliphatic carbocycles. The lowest BCUT2D eigenvalue weighted by Crippen LogP contribution is -1.66. The number of hydrogen-bond acceptors (Lipinski definition) is 2.